The molecule has 1 heterocycles. The van der Waals surface area contributed by atoms with Gasteiger partial charge in [0.15, 0.2) is 12.3 Å². The highest BCUT2D eigenvalue weighted by molar-refractivity contribution is 7.92. The Bertz CT molecular complexity index is 559. The van der Waals surface area contributed by atoms with Crippen LogP contribution in [0.2, 0.25) is 0 Å². The van der Waals surface area contributed by atoms with Crippen molar-refractivity contribution in [2.24, 2.45) is 0 Å². The Kier molecular flexibility index (Phi) is 3.02. The van der Waals surface area contributed by atoms with Crippen LogP contribution in [0.15, 0.2) is 24.4 Å². The summed E-state index contributed by atoms with van der Waals surface area (Å²) in [4.78, 5) is 0. The molecule has 0 aliphatic rings. The first kappa shape index (κ1) is 10.8. The third kappa shape index (κ3) is 1.72. The molecule has 0 N–H and O–H groups in total. The average molecular weight is 236 g/mol. The number of hydrogen-bond donors (Lipinski definition) is 0. The molecule has 0 bridgehead atoms. The molecule has 2 rings (SSSR count). The van der Waals surface area contributed by atoms with Gasteiger partial charge in [-0.15, -0.1) is 3.89 Å². The Labute approximate surface area is 96.9 Å². The van der Waals surface area contributed by atoms with Crippen molar-refractivity contribution in [1.29, 1.82) is 5.26 Å². The standard InChI is InChI=1S/C11H9FN2OS/c1-15-9-2-3-10-8(4-5-13)7-14(16-12)11(10)6-9/h2-3,6-7H,4H2,1H3. The molecule has 0 amide bonds. The highest BCUT2D eigenvalue weighted by atomic mass is 32.2. The lowest BCUT2D eigenvalue weighted by atomic mass is 10.1. The van der Waals surface area contributed by atoms with E-state index in [1.165, 1.54) is 3.97 Å². The Morgan fingerprint density at radius 1 is 1.56 bits per heavy atom. The minimum absolute atomic E-state index is 0.116. The molecule has 0 radical (unpaired) electrons. The monoisotopic (exact) mass is 236 g/mol. The van der Waals surface area contributed by atoms with Crippen LogP contribution >= 0.6 is 12.3 Å². The lowest BCUT2D eigenvalue weighted by Crippen LogP contribution is -1.84. The Morgan fingerprint density at radius 2 is 2.38 bits per heavy atom. The maximum absolute atomic E-state index is 12.7. The van der Waals surface area contributed by atoms with Crippen molar-refractivity contribution in [2.45, 2.75) is 6.42 Å². The fraction of sp³-hybridized carbons (Fsp3) is 0.182. The zero-order valence-electron chi connectivity index (χ0n) is 8.61. The van der Waals surface area contributed by atoms with E-state index in [1.54, 1.807) is 25.4 Å². The summed E-state index contributed by atoms with van der Waals surface area (Å²) in [6, 6.07) is 7.46. The van der Waals surface area contributed by atoms with Crippen LogP contribution in [-0.2, 0) is 6.42 Å². The van der Waals surface area contributed by atoms with Crippen LogP contribution in [0.4, 0.5) is 3.89 Å². The summed E-state index contributed by atoms with van der Waals surface area (Å²) in [7, 11) is 1.56. The summed E-state index contributed by atoms with van der Waals surface area (Å²) in [5.41, 5.74) is 1.54. The van der Waals surface area contributed by atoms with Crippen LogP contribution < -0.4 is 4.74 Å². The van der Waals surface area contributed by atoms with Gasteiger partial charge in [-0.1, -0.05) is 0 Å². The summed E-state index contributed by atoms with van der Waals surface area (Å²) in [6.07, 6.45) is 1.91. The van der Waals surface area contributed by atoms with Crippen molar-refractivity contribution in [2.75, 3.05) is 7.11 Å². The van der Waals surface area contributed by atoms with Crippen LogP contribution in [0.25, 0.3) is 10.9 Å². The first-order chi connectivity index (χ1) is 7.80. The molecule has 0 atom stereocenters. The lowest BCUT2D eigenvalue weighted by Gasteiger charge is -2.01. The Balaban J connectivity index is 2.65. The van der Waals surface area contributed by atoms with E-state index in [-0.39, 0.29) is 18.8 Å². The SMILES string of the molecule is COc1ccc2c(CC#N)cn(SF)c2c1. The van der Waals surface area contributed by atoms with Crippen LogP contribution in [0, 0.1) is 11.3 Å². The highest BCUT2D eigenvalue weighted by Crippen LogP contribution is 2.29. The van der Waals surface area contributed by atoms with Gasteiger partial charge in [-0.25, -0.2) is 0 Å². The van der Waals surface area contributed by atoms with Crippen molar-refractivity contribution in [1.82, 2.24) is 3.97 Å². The van der Waals surface area contributed by atoms with Crippen molar-refractivity contribution in [3.63, 3.8) is 0 Å². The normalized spacial score (nSPS) is 10.3. The van der Waals surface area contributed by atoms with E-state index in [0.29, 0.717) is 5.75 Å². The van der Waals surface area contributed by atoms with Gasteiger partial charge in [0, 0.05) is 17.6 Å². The average Bonchev–Trinajstić information content (AvgIpc) is 2.67. The number of fused-ring (bicyclic) bond motifs is 1. The van der Waals surface area contributed by atoms with Gasteiger partial charge in [0.2, 0.25) is 0 Å². The Morgan fingerprint density at radius 3 is 3.00 bits per heavy atom. The summed E-state index contributed by atoms with van der Waals surface area (Å²) in [5.74, 6) is 0.671. The van der Waals surface area contributed by atoms with Crippen LogP contribution in [0.5, 0.6) is 5.75 Å². The highest BCUT2D eigenvalue weighted by Gasteiger charge is 2.09. The molecular formula is C11H9FN2OS. The van der Waals surface area contributed by atoms with E-state index in [9.17, 15) is 3.89 Å². The van der Waals surface area contributed by atoms with Gasteiger partial charge in [0.05, 0.1) is 25.1 Å². The summed E-state index contributed by atoms with van der Waals surface area (Å²) < 4.78 is 19.2. The largest absolute Gasteiger partial charge is 0.497 e. The molecule has 2 aromatic rings. The van der Waals surface area contributed by atoms with E-state index >= 15 is 0 Å². The second-order valence-corrected chi connectivity index (χ2v) is 3.80. The van der Waals surface area contributed by atoms with E-state index in [1.807, 2.05) is 6.07 Å². The van der Waals surface area contributed by atoms with E-state index in [0.717, 1.165) is 16.5 Å². The molecule has 0 aliphatic carbocycles. The van der Waals surface area contributed by atoms with Crippen molar-refractivity contribution < 1.29 is 8.62 Å². The fourth-order valence-electron chi connectivity index (χ4n) is 1.66. The van der Waals surface area contributed by atoms with Crippen molar-refractivity contribution >= 4 is 23.2 Å². The number of methoxy groups -OCH3 is 1. The number of hydrogen-bond acceptors (Lipinski definition) is 3. The van der Waals surface area contributed by atoms with Crippen LogP contribution in [0.1, 0.15) is 5.56 Å². The van der Waals surface area contributed by atoms with Gasteiger partial charge in [-0.2, -0.15) is 5.26 Å². The second-order valence-electron chi connectivity index (χ2n) is 3.27. The molecule has 3 nitrogen and oxygen atoms in total. The van der Waals surface area contributed by atoms with Crippen LogP contribution in [0.3, 0.4) is 0 Å². The van der Waals surface area contributed by atoms with Gasteiger partial charge < -0.3 is 4.74 Å². The zero-order valence-corrected chi connectivity index (χ0v) is 9.42. The van der Waals surface area contributed by atoms with E-state index in [2.05, 4.69) is 6.07 Å². The molecule has 0 saturated carbocycles. The fourth-order valence-corrected chi connectivity index (χ4v) is 2.05. The molecule has 0 spiro atoms. The van der Waals surface area contributed by atoms with Crippen molar-refractivity contribution in [3.05, 3.63) is 30.0 Å². The number of ether oxygens (including phenoxy) is 1. The summed E-state index contributed by atoms with van der Waals surface area (Å²) in [5, 5.41) is 9.56. The van der Waals surface area contributed by atoms with Gasteiger partial charge in [-0.3, -0.25) is 3.97 Å². The van der Waals surface area contributed by atoms with Gasteiger partial charge in [0.25, 0.3) is 0 Å². The van der Waals surface area contributed by atoms with Gasteiger partial charge in [-0.05, 0) is 17.7 Å². The molecule has 0 saturated heterocycles. The quantitative estimate of drug-likeness (QED) is 0.821. The number of rotatable bonds is 3. The van der Waals surface area contributed by atoms with E-state index < -0.39 is 0 Å². The summed E-state index contributed by atoms with van der Waals surface area (Å²) >= 11 is 0.116. The molecule has 1 aromatic heterocycles. The molecule has 16 heavy (non-hydrogen) atoms. The maximum atomic E-state index is 12.7. The molecule has 0 fully saturated rings. The number of nitrogens with zero attached hydrogens (tertiary/aromatic N) is 2. The molecular weight excluding hydrogens is 227 g/mol. The van der Waals surface area contributed by atoms with Crippen LogP contribution in [-0.4, -0.2) is 11.1 Å². The first-order valence-electron chi connectivity index (χ1n) is 4.64. The minimum Gasteiger partial charge on any atom is -0.497 e. The van der Waals surface area contributed by atoms with Gasteiger partial charge in [0.1, 0.15) is 5.75 Å². The van der Waals surface area contributed by atoms with Crippen molar-refractivity contribution in [3.8, 4) is 11.8 Å². The molecule has 5 heteroatoms. The number of benzene rings is 1. The maximum Gasteiger partial charge on any atom is 0.169 e. The third-order valence-electron chi connectivity index (χ3n) is 2.41. The number of aromatic nitrogens is 1. The minimum atomic E-state index is 0.116. The number of halogens is 1. The zero-order chi connectivity index (χ0) is 11.5. The second kappa shape index (κ2) is 4.45. The predicted molar refractivity (Wildman–Crippen MR) is 61.9 cm³/mol. The lowest BCUT2D eigenvalue weighted by molar-refractivity contribution is 0.415. The number of nitriles is 1. The topological polar surface area (TPSA) is 37.9 Å². The molecule has 82 valence electrons. The van der Waals surface area contributed by atoms with E-state index in [4.69, 9.17) is 10.00 Å². The molecule has 0 unspecified atom stereocenters. The Hall–Kier alpha value is -1.67. The van der Waals surface area contributed by atoms with Gasteiger partial charge >= 0.3 is 0 Å². The summed E-state index contributed by atoms with van der Waals surface area (Å²) in [6.45, 7) is 0. The first-order valence-corrected chi connectivity index (χ1v) is 5.31. The smallest absolute Gasteiger partial charge is 0.169 e. The third-order valence-corrected chi connectivity index (χ3v) is 2.86. The molecule has 0 aliphatic heterocycles. The predicted octanol–water partition coefficient (Wildman–Crippen LogP) is 3.10. The molecule has 1 aromatic carbocycles.